The fraction of sp³-hybridized carbons (Fsp3) is 0.556. The van der Waals surface area contributed by atoms with Gasteiger partial charge in [0.05, 0.1) is 6.61 Å². The Hall–Kier alpha value is -1.49. The summed E-state index contributed by atoms with van der Waals surface area (Å²) >= 11 is 1.53. The van der Waals surface area contributed by atoms with E-state index in [-0.39, 0.29) is 24.8 Å². The van der Waals surface area contributed by atoms with Crippen molar-refractivity contribution in [2.45, 2.75) is 56.8 Å². The number of unbranched alkanes of at least 4 members (excludes halogenated alkanes) is 3. The molecular formula is C18H26O4S. The number of benzene rings is 1. The average molecular weight is 338 g/mol. The zero-order valence-corrected chi connectivity index (χ0v) is 14.8. The highest BCUT2D eigenvalue weighted by Crippen LogP contribution is 2.27. The van der Waals surface area contributed by atoms with Gasteiger partial charge in [-0.15, -0.1) is 11.8 Å². The molecule has 0 aliphatic heterocycles. The molecule has 1 aromatic rings. The Bertz CT molecular complexity index is 488. The molecule has 0 bridgehead atoms. The van der Waals surface area contributed by atoms with Gasteiger partial charge in [0.15, 0.2) is 0 Å². The van der Waals surface area contributed by atoms with Crippen molar-refractivity contribution in [3.05, 3.63) is 24.3 Å². The van der Waals surface area contributed by atoms with Crippen molar-refractivity contribution in [1.82, 2.24) is 0 Å². The summed E-state index contributed by atoms with van der Waals surface area (Å²) < 4.78 is 10.5. The maximum atomic E-state index is 11.8. The lowest BCUT2D eigenvalue weighted by Gasteiger charge is -2.08. The van der Waals surface area contributed by atoms with Gasteiger partial charge in [0.1, 0.15) is 5.75 Å². The first-order chi connectivity index (χ1) is 11.2. The lowest BCUT2D eigenvalue weighted by atomic mass is 10.2. The largest absolute Gasteiger partial charge is 0.466 e. The zero-order valence-electron chi connectivity index (χ0n) is 14.0. The summed E-state index contributed by atoms with van der Waals surface area (Å²) in [5.41, 5.74) is 0. The molecule has 0 saturated heterocycles. The highest BCUT2D eigenvalue weighted by molar-refractivity contribution is 7.98. The third kappa shape index (κ3) is 8.65. The van der Waals surface area contributed by atoms with Crippen LogP contribution >= 0.6 is 11.8 Å². The Kier molecular flexibility index (Phi) is 10.2. The molecular weight excluding hydrogens is 312 g/mol. The number of para-hydroxylation sites is 1. The smallest absolute Gasteiger partial charge is 0.311 e. The van der Waals surface area contributed by atoms with E-state index in [4.69, 9.17) is 9.47 Å². The normalized spacial score (nSPS) is 10.3. The summed E-state index contributed by atoms with van der Waals surface area (Å²) in [6.45, 7) is 2.62. The van der Waals surface area contributed by atoms with Crippen LogP contribution in [0.1, 0.15) is 51.9 Å². The van der Waals surface area contributed by atoms with E-state index in [0.29, 0.717) is 18.8 Å². The van der Waals surface area contributed by atoms with Gasteiger partial charge in [0.2, 0.25) is 0 Å². The van der Waals surface area contributed by atoms with E-state index in [0.717, 1.165) is 24.2 Å². The number of hydrogen-bond donors (Lipinski definition) is 0. The first-order valence-corrected chi connectivity index (χ1v) is 9.39. The van der Waals surface area contributed by atoms with E-state index in [2.05, 4.69) is 6.92 Å². The predicted octanol–water partition coefficient (Wildman–Crippen LogP) is 4.61. The molecule has 1 aromatic carbocycles. The van der Waals surface area contributed by atoms with Crippen LogP contribution in [-0.2, 0) is 14.3 Å². The first kappa shape index (κ1) is 19.6. The van der Waals surface area contributed by atoms with Gasteiger partial charge in [0.25, 0.3) is 0 Å². The lowest BCUT2D eigenvalue weighted by Crippen LogP contribution is -2.11. The number of carbonyl (C=O) groups is 2. The number of ether oxygens (including phenoxy) is 2. The minimum atomic E-state index is -0.317. The van der Waals surface area contributed by atoms with E-state index < -0.39 is 0 Å². The average Bonchev–Trinajstić information content (AvgIpc) is 2.55. The standard InChI is InChI=1S/C18H26O4S/c1-3-4-5-8-14-21-17(19)12-9-13-18(20)22-15-10-6-7-11-16(15)23-2/h6-7,10-11H,3-5,8-9,12-14H2,1-2H3. The van der Waals surface area contributed by atoms with Gasteiger partial charge in [-0.05, 0) is 31.2 Å². The van der Waals surface area contributed by atoms with Crippen LogP contribution in [0.2, 0.25) is 0 Å². The number of esters is 2. The van der Waals surface area contributed by atoms with Crippen molar-refractivity contribution < 1.29 is 19.1 Å². The lowest BCUT2D eigenvalue weighted by molar-refractivity contribution is -0.144. The Balaban J connectivity index is 2.17. The van der Waals surface area contributed by atoms with Crippen molar-refractivity contribution in [3.63, 3.8) is 0 Å². The summed E-state index contributed by atoms with van der Waals surface area (Å²) in [5, 5.41) is 0. The van der Waals surface area contributed by atoms with Crippen LogP contribution in [0.3, 0.4) is 0 Å². The second-order valence-corrected chi connectivity index (χ2v) is 6.11. The van der Waals surface area contributed by atoms with Gasteiger partial charge in [0, 0.05) is 17.7 Å². The third-order valence-electron chi connectivity index (χ3n) is 3.32. The van der Waals surface area contributed by atoms with Crippen LogP contribution in [-0.4, -0.2) is 24.8 Å². The molecule has 0 saturated carbocycles. The second kappa shape index (κ2) is 12.0. The van der Waals surface area contributed by atoms with Gasteiger partial charge in [-0.3, -0.25) is 9.59 Å². The zero-order chi connectivity index (χ0) is 16.9. The molecule has 0 N–H and O–H groups in total. The molecule has 0 heterocycles. The summed E-state index contributed by atoms with van der Waals surface area (Å²) in [6.07, 6.45) is 7.19. The monoisotopic (exact) mass is 338 g/mol. The number of rotatable bonds is 11. The fourth-order valence-electron chi connectivity index (χ4n) is 2.04. The molecule has 5 heteroatoms. The summed E-state index contributed by atoms with van der Waals surface area (Å²) in [4.78, 5) is 24.3. The number of thioether (sulfide) groups is 1. The minimum absolute atomic E-state index is 0.216. The van der Waals surface area contributed by atoms with E-state index >= 15 is 0 Å². The van der Waals surface area contributed by atoms with Crippen LogP contribution in [0.5, 0.6) is 5.75 Å². The van der Waals surface area contributed by atoms with Crippen LogP contribution in [0, 0.1) is 0 Å². The van der Waals surface area contributed by atoms with Crippen LogP contribution in [0.25, 0.3) is 0 Å². The van der Waals surface area contributed by atoms with Crippen molar-refractivity contribution in [2.75, 3.05) is 12.9 Å². The molecule has 1 rings (SSSR count). The van der Waals surface area contributed by atoms with E-state index in [1.54, 1.807) is 6.07 Å². The maximum absolute atomic E-state index is 11.8. The Morgan fingerprint density at radius 2 is 1.74 bits per heavy atom. The molecule has 0 fully saturated rings. The third-order valence-corrected chi connectivity index (χ3v) is 4.09. The summed E-state index contributed by atoms with van der Waals surface area (Å²) in [6, 6.07) is 7.41. The molecule has 0 radical (unpaired) electrons. The second-order valence-electron chi connectivity index (χ2n) is 5.26. The highest BCUT2D eigenvalue weighted by Gasteiger charge is 2.10. The molecule has 0 aliphatic carbocycles. The SMILES string of the molecule is CCCCCCOC(=O)CCCC(=O)Oc1ccccc1SC. The molecule has 0 spiro atoms. The van der Waals surface area contributed by atoms with Crippen molar-refractivity contribution in [3.8, 4) is 5.75 Å². The quantitative estimate of drug-likeness (QED) is 0.255. The Morgan fingerprint density at radius 1 is 1.00 bits per heavy atom. The van der Waals surface area contributed by atoms with E-state index in [1.807, 2.05) is 24.5 Å². The Labute approximate surface area is 142 Å². The molecule has 0 atom stereocenters. The van der Waals surface area contributed by atoms with Gasteiger partial charge in [-0.2, -0.15) is 0 Å². The first-order valence-electron chi connectivity index (χ1n) is 8.16. The summed E-state index contributed by atoms with van der Waals surface area (Å²) in [7, 11) is 0. The van der Waals surface area contributed by atoms with Crippen LogP contribution in [0.15, 0.2) is 29.2 Å². The van der Waals surface area contributed by atoms with Crippen molar-refractivity contribution >= 4 is 23.7 Å². The summed E-state index contributed by atoms with van der Waals surface area (Å²) in [5.74, 6) is 0.0181. The van der Waals surface area contributed by atoms with Crippen LogP contribution < -0.4 is 4.74 Å². The molecule has 4 nitrogen and oxygen atoms in total. The van der Waals surface area contributed by atoms with Gasteiger partial charge in [-0.25, -0.2) is 0 Å². The number of hydrogen-bond acceptors (Lipinski definition) is 5. The molecule has 0 aliphatic rings. The van der Waals surface area contributed by atoms with Gasteiger partial charge in [-0.1, -0.05) is 38.3 Å². The Morgan fingerprint density at radius 3 is 2.48 bits per heavy atom. The van der Waals surface area contributed by atoms with E-state index in [1.165, 1.54) is 18.2 Å². The van der Waals surface area contributed by atoms with Crippen LogP contribution in [0.4, 0.5) is 0 Å². The van der Waals surface area contributed by atoms with Crippen molar-refractivity contribution in [1.29, 1.82) is 0 Å². The molecule has 0 amide bonds. The molecule has 0 unspecified atom stereocenters. The number of carbonyl (C=O) groups excluding carboxylic acids is 2. The molecule has 0 aromatic heterocycles. The topological polar surface area (TPSA) is 52.6 Å². The highest BCUT2D eigenvalue weighted by atomic mass is 32.2. The predicted molar refractivity (Wildman–Crippen MR) is 92.8 cm³/mol. The van der Waals surface area contributed by atoms with Crippen molar-refractivity contribution in [2.24, 2.45) is 0 Å². The van der Waals surface area contributed by atoms with Gasteiger partial charge >= 0.3 is 11.9 Å². The van der Waals surface area contributed by atoms with E-state index in [9.17, 15) is 9.59 Å². The molecule has 23 heavy (non-hydrogen) atoms. The van der Waals surface area contributed by atoms with Gasteiger partial charge < -0.3 is 9.47 Å². The molecule has 128 valence electrons. The fourth-order valence-corrected chi connectivity index (χ4v) is 2.57. The minimum Gasteiger partial charge on any atom is -0.466 e. The maximum Gasteiger partial charge on any atom is 0.311 e.